The van der Waals surface area contributed by atoms with Gasteiger partial charge in [0.1, 0.15) is 0 Å². The van der Waals surface area contributed by atoms with Gasteiger partial charge in [-0.25, -0.2) is 4.79 Å². The molecule has 20 heavy (non-hydrogen) atoms. The molecule has 1 N–H and O–H groups in total. The molecular weight excluding hydrogens is 274 g/mol. The number of carbonyl (C=O) groups is 2. The zero-order valence-electron chi connectivity index (χ0n) is 10.9. The topological polar surface area (TPSA) is 57.6 Å². The molecule has 1 aromatic heterocycles. The normalized spacial score (nSPS) is 13.3. The standard InChI is InChI=1S/C15H13NO3S/c1-9-5-7-20-13(9)14(17)16-6-4-10-8-11(15(18)19)2-3-12(10)16/h2-3,5,7-8H,4,6H2,1H3,(H,18,19). The minimum absolute atomic E-state index is 0.000625. The maximum absolute atomic E-state index is 12.5. The first-order valence-electron chi connectivity index (χ1n) is 6.30. The van der Waals surface area contributed by atoms with E-state index in [1.165, 1.54) is 11.3 Å². The second kappa shape index (κ2) is 4.76. The van der Waals surface area contributed by atoms with Crippen molar-refractivity contribution in [3.63, 3.8) is 0 Å². The van der Waals surface area contributed by atoms with E-state index in [4.69, 9.17) is 5.11 Å². The number of anilines is 1. The Kier molecular flexibility index (Phi) is 3.06. The Morgan fingerprint density at radius 1 is 1.30 bits per heavy atom. The molecule has 2 heterocycles. The van der Waals surface area contributed by atoms with E-state index < -0.39 is 5.97 Å². The summed E-state index contributed by atoms with van der Waals surface area (Å²) in [6.07, 6.45) is 0.701. The molecule has 1 aromatic carbocycles. The van der Waals surface area contributed by atoms with Gasteiger partial charge in [-0.05, 0) is 54.1 Å². The molecular formula is C15H13NO3S. The fraction of sp³-hybridized carbons (Fsp3) is 0.200. The van der Waals surface area contributed by atoms with E-state index >= 15 is 0 Å². The first kappa shape index (κ1) is 12.9. The predicted octanol–water partition coefficient (Wildman–Crippen LogP) is 2.96. The lowest BCUT2D eigenvalue weighted by Crippen LogP contribution is -2.28. The molecule has 0 saturated heterocycles. The zero-order valence-corrected chi connectivity index (χ0v) is 11.7. The molecule has 1 aliphatic rings. The van der Waals surface area contributed by atoms with Crippen LogP contribution in [0.15, 0.2) is 29.6 Å². The summed E-state index contributed by atoms with van der Waals surface area (Å²) >= 11 is 1.44. The molecule has 4 nitrogen and oxygen atoms in total. The van der Waals surface area contributed by atoms with Gasteiger partial charge in [-0.15, -0.1) is 11.3 Å². The summed E-state index contributed by atoms with van der Waals surface area (Å²) < 4.78 is 0. The van der Waals surface area contributed by atoms with Gasteiger partial charge in [-0.1, -0.05) is 0 Å². The van der Waals surface area contributed by atoms with Crippen LogP contribution >= 0.6 is 11.3 Å². The number of carboxylic acid groups (broad SMARTS) is 1. The molecule has 2 aromatic rings. The van der Waals surface area contributed by atoms with E-state index in [-0.39, 0.29) is 11.5 Å². The number of amides is 1. The Bertz CT molecular complexity index is 705. The molecule has 1 amide bonds. The number of rotatable bonds is 2. The van der Waals surface area contributed by atoms with Crippen LogP contribution in [0.4, 0.5) is 5.69 Å². The number of fused-ring (bicyclic) bond motifs is 1. The highest BCUT2D eigenvalue weighted by Gasteiger charge is 2.27. The van der Waals surface area contributed by atoms with Crippen LogP contribution in [0.1, 0.15) is 31.2 Å². The lowest BCUT2D eigenvalue weighted by Gasteiger charge is -2.17. The van der Waals surface area contributed by atoms with Gasteiger partial charge in [0.15, 0.2) is 0 Å². The number of thiophene rings is 1. The van der Waals surface area contributed by atoms with Crippen LogP contribution in [0.25, 0.3) is 0 Å². The Labute approximate surface area is 120 Å². The molecule has 0 unspecified atom stereocenters. The summed E-state index contributed by atoms with van der Waals surface area (Å²) in [5.41, 5.74) is 3.00. The minimum Gasteiger partial charge on any atom is -0.478 e. The van der Waals surface area contributed by atoms with Gasteiger partial charge in [0.2, 0.25) is 0 Å². The smallest absolute Gasteiger partial charge is 0.335 e. The van der Waals surface area contributed by atoms with Crippen LogP contribution < -0.4 is 4.90 Å². The lowest BCUT2D eigenvalue weighted by atomic mass is 10.1. The van der Waals surface area contributed by atoms with Gasteiger partial charge in [-0.3, -0.25) is 4.79 Å². The quantitative estimate of drug-likeness (QED) is 0.924. The van der Waals surface area contributed by atoms with Crippen LogP contribution in [0.2, 0.25) is 0 Å². The molecule has 0 bridgehead atoms. The number of hydrogen-bond donors (Lipinski definition) is 1. The van der Waals surface area contributed by atoms with Crippen molar-refractivity contribution in [1.29, 1.82) is 0 Å². The largest absolute Gasteiger partial charge is 0.478 e. The lowest BCUT2D eigenvalue weighted by molar-refractivity contribution is 0.0696. The third kappa shape index (κ3) is 2.00. The maximum atomic E-state index is 12.5. The van der Waals surface area contributed by atoms with E-state index in [9.17, 15) is 9.59 Å². The van der Waals surface area contributed by atoms with E-state index in [1.807, 2.05) is 18.4 Å². The summed E-state index contributed by atoms with van der Waals surface area (Å²) in [5.74, 6) is -0.939. The van der Waals surface area contributed by atoms with Gasteiger partial charge in [-0.2, -0.15) is 0 Å². The van der Waals surface area contributed by atoms with Crippen molar-refractivity contribution in [1.82, 2.24) is 0 Å². The maximum Gasteiger partial charge on any atom is 0.335 e. The van der Waals surface area contributed by atoms with Gasteiger partial charge in [0.05, 0.1) is 10.4 Å². The van der Waals surface area contributed by atoms with Crippen LogP contribution in [0.5, 0.6) is 0 Å². The zero-order chi connectivity index (χ0) is 14.3. The number of aromatic carboxylic acids is 1. The number of aryl methyl sites for hydroxylation is 1. The average Bonchev–Trinajstić information content (AvgIpc) is 3.03. The molecule has 0 fully saturated rings. The van der Waals surface area contributed by atoms with Crippen molar-refractivity contribution < 1.29 is 14.7 Å². The third-order valence-electron chi connectivity index (χ3n) is 3.52. The van der Waals surface area contributed by atoms with Crippen molar-refractivity contribution in [2.45, 2.75) is 13.3 Å². The second-order valence-electron chi connectivity index (χ2n) is 4.79. The van der Waals surface area contributed by atoms with Crippen molar-refractivity contribution in [2.24, 2.45) is 0 Å². The van der Waals surface area contributed by atoms with Crippen LogP contribution in [-0.2, 0) is 6.42 Å². The number of carboxylic acids is 1. The average molecular weight is 287 g/mol. The van der Waals surface area contributed by atoms with Gasteiger partial charge in [0.25, 0.3) is 5.91 Å². The highest BCUT2D eigenvalue weighted by molar-refractivity contribution is 7.12. The molecule has 3 rings (SSSR count). The summed E-state index contributed by atoms with van der Waals surface area (Å²) in [4.78, 5) is 26.0. The first-order chi connectivity index (χ1) is 9.58. The van der Waals surface area contributed by atoms with Crippen molar-refractivity contribution >= 4 is 28.9 Å². The second-order valence-corrected chi connectivity index (χ2v) is 5.70. The Balaban J connectivity index is 1.96. The summed E-state index contributed by atoms with van der Waals surface area (Å²) in [6, 6.07) is 6.87. The Morgan fingerprint density at radius 3 is 2.75 bits per heavy atom. The molecule has 0 radical (unpaired) electrons. The summed E-state index contributed by atoms with van der Waals surface area (Å²) in [6.45, 7) is 2.53. The minimum atomic E-state index is -0.938. The van der Waals surface area contributed by atoms with E-state index in [2.05, 4.69) is 0 Å². The van der Waals surface area contributed by atoms with E-state index in [1.54, 1.807) is 23.1 Å². The number of carbonyl (C=O) groups excluding carboxylic acids is 1. The predicted molar refractivity (Wildman–Crippen MR) is 77.8 cm³/mol. The van der Waals surface area contributed by atoms with Crippen LogP contribution in [0, 0.1) is 6.92 Å². The fourth-order valence-electron chi connectivity index (χ4n) is 2.46. The molecule has 0 spiro atoms. The number of benzene rings is 1. The van der Waals surface area contributed by atoms with Crippen molar-refractivity contribution in [3.8, 4) is 0 Å². The van der Waals surface area contributed by atoms with Gasteiger partial charge >= 0.3 is 5.97 Å². The molecule has 102 valence electrons. The third-order valence-corrected chi connectivity index (χ3v) is 4.53. The Hall–Kier alpha value is -2.14. The first-order valence-corrected chi connectivity index (χ1v) is 7.18. The monoisotopic (exact) mass is 287 g/mol. The molecule has 0 aliphatic carbocycles. The molecule has 5 heteroatoms. The Morgan fingerprint density at radius 2 is 2.10 bits per heavy atom. The molecule has 1 aliphatic heterocycles. The molecule has 0 atom stereocenters. The van der Waals surface area contributed by atoms with Crippen molar-refractivity contribution in [2.75, 3.05) is 11.4 Å². The highest BCUT2D eigenvalue weighted by Crippen LogP contribution is 2.31. The number of nitrogens with zero attached hydrogens (tertiary/aromatic N) is 1. The van der Waals surface area contributed by atoms with Crippen LogP contribution in [-0.4, -0.2) is 23.5 Å². The van der Waals surface area contributed by atoms with Crippen molar-refractivity contribution in [3.05, 3.63) is 51.2 Å². The fourth-order valence-corrected chi connectivity index (χ4v) is 3.33. The van der Waals surface area contributed by atoms with Gasteiger partial charge in [0, 0.05) is 12.2 Å². The van der Waals surface area contributed by atoms with Crippen LogP contribution in [0.3, 0.4) is 0 Å². The highest BCUT2D eigenvalue weighted by atomic mass is 32.1. The molecule has 0 saturated carbocycles. The van der Waals surface area contributed by atoms with E-state index in [0.717, 1.165) is 21.7 Å². The summed E-state index contributed by atoms with van der Waals surface area (Å²) in [7, 11) is 0. The SMILES string of the molecule is Cc1ccsc1C(=O)N1CCc2cc(C(=O)O)ccc21. The summed E-state index contributed by atoms with van der Waals surface area (Å²) in [5, 5.41) is 10.9. The van der Waals surface area contributed by atoms with E-state index in [0.29, 0.717) is 13.0 Å². The number of hydrogen-bond acceptors (Lipinski definition) is 3. The van der Waals surface area contributed by atoms with Gasteiger partial charge < -0.3 is 10.0 Å².